The normalized spacial score (nSPS) is 24.5. The molecule has 1 aromatic rings. The van der Waals surface area contributed by atoms with Gasteiger partial charge in [0.15, 0.2) is 0 Å². The van der Waals surface area contributed by atoms with Gasteiger partial charge in [-0.25, -0.2) is 13.6 Å². The zero-order valence-electron chi connectivity index (χ0n) is 11.3. The van der Waals surface area contributed by atoms with Crippen LogP contribution in [0.2, 0.25) is 0 Å². The molecule has 0 aliphatic carbocycles. The number of rotatable bonds is 2. The number of primary sulfonamides is 1. The van der Waals surface area contributed by atoms with Crippen molar-refractivity contribution in [1.82, 2.24) is 0 Å². The van der Waals surface area contributed by atoms with Crippen LogP contribution < -0.4 is 15.8 Å². The smallest absolute Gasteiger partial charge is 0.238 e. The summed E-state index contributed by atoms with van der Waals surface area (Å²) in [6.07, 6.45) is 1.19. The van der Waals surface area contributed by atoms with E-state index >= 15 is 0 Å². The Hall–Kier alpha value is -1.27. The molecule has 2 unspecified atom stereocenters. The number of nitrogens with zero attached hydrogens (tertiary/aromatic N) is 1. The van der Waals surface area contributed by atoms with E-state index in [1.165, 1.54) is 12.5 Å². The molecule has 6 heteroatoms. The first-order valence-corrected chi connectivity index (χ1v) is 7.99. The molecule has 0 aromatic heterocycles. The maximum atomic E-state index is 11.4. The van der Waals surface area contributed by atoms with E-state index in [-0.39, 0.29) is 4.90 Å². The van der Waals surface area contributed by atoms with Crippen molar-refractivity contribution in [3.05, 3.63) is 18.2 Å². The Labute approximate surface area is 114 Å². The molecule has 0 bridgehead atoms. The third kappa shape index (κ3) is 3.19. The summed E-state index contributed by atoms with van der Waals surface area (Å²) in [5.41, 5.74) is 7.34. The summed E-state index contributed by atoms with van der Waals surface area (Å²) in [5.74, 6) is 1.14. The first-order valence-electron chi connectivity index (χ1n) is 6.44. The van der Waals surface area contributed by atoms with Crippen LogP contribution in [-0.4, -0.2) is 21.5 Å². The minimum absolute atomic E-state index is 0.113. The van der Waals surface area contributed by atoms with Crippen molar-refractivity contribution in [3.8, 4) is 0 Å². The van der Waals surface area contributed by atoms with Crippen molar-refractivity contribution in [3.63, 3.8) is 0 Å². The largest absolute Gasteiger partial charge is 0.397 e. The summed E-state index contributed by atoms with van der Waals surface area (Å²) in [7, 11) is -3.69. The van der Waals surface area contributed by atoms with Crippen LogP contribution >= 0.6 is 0 Å². The third-order valence-corrected chi connectivity index (χ3v) is 4.45. The van der Waals surface area contributed by atoms with E-state index in [2.05, 4.69) is 18.7 Å². The van der Waals surface area contributed by atoms with Gasteiger partial charge in [0.25, 0.3) is 0 Å². The number of sulfonamides is 1. The Morgan fingerprint density at radius 2 is 1.79 bits per heavy atom. The summed E-state index contributed by atoms with van der Waals surface area (Å²) in [6, 6.07) is 4.64. The zero-order chi connectivity index (χ0) is 14.2. The molecule has 0 saturated carbocycles. The summed E-state index contributed by atoms with van der Waals surface area (Å²) in [6.45, 7) is 6.18. The highest BCUT2D eigenvalue weighted by Crippen LogP contribution is 2.31. The van der Waals surface area contributed by atoms with Crippen LogP contribution in [0.4, 0.5) is 11.4 Å². The van der Waals surface area contributed by atoms with Gasteiger partial charge in [-0.05, 0) is 36.5 Å². The molecule has 1 heterocycles. The standard InChI is InChI=1S/C13H21N3O2S/c1-9-5-10(2)8-16(7-9)13-6-11(19(15,17)18)3-4-12(13)14/h3-4,6,9-10H,5,7-8,14H2,1-2H3,(H2,15,17,18). The number of hydrogen-bond donors (Lipinski definition) is 2. The van der Waals surface area contributed by atoms with Crippen LogP contribution in [0, 0.1) is 11.8 Å². The molecule has 2 atom stereocenters. The van der Waals surface area contributed by atoms with Gasteiger partial charge >= 0.3 is 0 Å². The van der Waals surface area contributed by atoms with Gasteiger partial charge in [-0.1, -0.05) is 13.8 Å². The molecule has 0 radical (unpaired) electrons. The monoisotopic (exact) mass is 283 g/mol. The van der Waals surface area contributed by atoms with Gasteiger partial charge in [-0.3, -0.25) is 0 Å². The lowest BCUT2D eigenvalue weighted by atomic mass is 9.91. The van der Waals surface area contributed by atoms with Gasteiger partial charge in [-0.2, -0.15) is 0 Å². The molecule has 1 aromatic carbocycles. The van der Waals surface area contributed by atoms with Gasteiger partial charge in [-0.15, -0.1) is 0 Å². The first kappa shape index (κ1) is 14.1. The number of anilines is 2. The lowest BCUT2D eigenvalue weighted by Gasteiger charge is -2.37. The first-order chi connectivity index (χ1) is 8.77. The van der Waals surface area contributed by atoms with Crippen molar-refractivity contribution in [2.75, 3.05) is 23.7 Å². The van der Waals surface area contributed by atoms with E-state index in [9.17, 15) is 8.42 Å². The molecule has 1 saturated heterocycles. The molecule has 5 nitrogen and oxygen atoms in total. The van der Waals surface area contributed by atoms with E-state index in [0.29, 0.717) is 17.5 Å². The minimum atomic E-state index is -3.69. The molecule has 106 valence electrons. The van der Waals surface area contributed by atoms with E-state index in [0.717, 1.165) is 18.8 Å². The predicted octanol–water partition coefficient (Wildman–Crippen LogP) is 1.40. The van der Waals surface area contributed by atoms with Crippen LogP contribution in [0.5, 0.6) is 0 Å². The topological polar surface area (TPSA) is 89.4 Å². The number of nitrogen functional groups attached to an aromatic ring is 1. The second-order valence-electron chi connectivity index (χ2n) is 5.62. The minimum Gasteiger partial charge on any atom is -0.397 e. The van der Waals surface area contributed by atoms with Gasteiger partial charge in [0.05, 0.1) is 16.3 Å². The van der Waals surface area contributed by atoms with Crippen LogP contribution in [0.1, 0.15) is 20.3 Å². The number of hydrogen-bond acceptors (Lipinski definition) is 4. The Balaban J connectivity index is 2.38. The van der Waals surface area contributed by atoms with E-state index < -0.39 is 10.0 Å². The molecule has 1 fully saturated rings. The molecule has 19 heavy (non-hydrogen) atoms. The van der Waals surface area contributed by atoms with Crippen LogP contribution in [0.25, 0.3) is 0 Å². The fourth-order valence-electron chi connectivity index (χ4n) is 2.83. The molecule has 1 aliphatic heterocycles. The molecule has 2 rings (SSSR count). The third-order valence-electron chi connectivity index (χ3n) is 3.54. The molecule has 0 spiro atoms. The van der Waals surface area contributed by atoms with Crippen LogP contribution in [0.15, 0.2) is 23.1 Å². The highest BCUT2D eigenvalue weighted by atomic mass is 32.2. The Bertz CT molecular complexity index is 561. The number of piperidine rings is 1. The van der Waals surface area contributed by atoms with Crippen molar-refractivity contribution in [2.24, 2.45) is 17.0 Å². The molecular formula is C13H21N3O2S. The average molecular weight is 283 g/mol. The Morgan fingerprint density at radius 3 is 2.32 bits per heavy atom. The van der Waals surface area contributed by atoms with E-state index in [4.69, 9.17) is 10.9 Å². The predicted molar refractivity (Wildman–Crippen MR) is 77.4 cm³/mol. The van der Waals surface area contributed by atoms with Crippen LogP contribution in [0.3, 0.4) is 0 Å². The molecule has 4 N–H and O–H groups in total. The molecule has 0 amide bonds. The highest BCUT2D eigenvalue weighted by Gasteiger charge is 2.24. The van der Waals surface area contributed by atoms with Crippen molar-refractivity contribution in [1.29, 1.82) is 0 Å². The van der Waals surface area contributed by atoms with Crippen molar-refractivity contribution < 1.29 is 8.42 Å². The maximum Gasteiger partial charge on any atom is 0.238 e. The highest BCUT2D eigenvalue weighted by molar-refractivity contribution is 7.89. The van der Waals surface area contributed by atoms with E-state index in [1.54, 1.807) is 12.1 Å². The summed E-state index contributed by atoms with van der Waals surface area (Å²) in [5, 5.41) is 5.17. The average Bonchev–Trinajstić information content (AvgIpc) is 2.26. The van der Waals surface area contributed by atoms with Gasteiger partial charge in [0.2, 0.25) is 10.0 Å². The SMILES string of the molecule is CC1CC(C)CN(c2cc(S(N)(=O)=O)ccc2N)C1. The summed E-state index contributed by atoms with van der Waals surface area (Å²) in [4.78, 5) is 2.27. The fraction of sp³-hybridized carbons (Fsp3) is 0.538. The lowest BCUT2D eigenvalue weighted by Crippen LogP contribution is -2.39. The maximum absolute atomic E-state index is 11.4. The molecular weight excluding hydrogens is 262 g/mol. The quantitative estimate of drug-likeness (QED) is 0.803. The summed E-state index contributed by atoms with van der Waals surface area (Å²) >= 11 is 0. The van der Waals surface area contributed by atoms with E-state index in [1.807, 2.05) is 0 Å². The lowest BCUT2D eigenvalue weighted by molar-refractivity contribution is 0.357. The fourth-order valence-corrected chi connectivity index (χ4v) is 3.37. The Morgan fingerprint density at radius 1 is 1.21 bits per heavy atom. The number of benzene rings is 1. The number of nitrogens with two attached hydrogens (primary N) is 2. The molecule has 1 aliphatic rings. The zero-order valence-corrected chi connectivity index (χ0v) is 12.2. The van der Waals surface area contributed by atoms with Crippen molar-refractivity contribution in [2.45, 2.75) is 25.2 Å². The van der Waals surface area contributed by atoms with Gasteiger partial charge < -0.3 is 10.6 Å². The second kappa shape index (κ2) is 5.02. The Kier molecular flexibility index (Phi) is 3.73. The second-order valence-corrected chi connectivity index (χ2v) is 7.18. The van der Waals surface area contributed by atoms with Crippen LogP contribution in [-0.2, 0) is 10.0 Å². The van der Waals surface area contributed by atoms with Gasteiger partial charge in [0, 0.05) is 13.1 Å². The van der Waals surface area contributed by atoms with Crippen molar-refractivity contribution >= 4 is 21.4 Å². The van der Waals surface area contributed by atoms with Gasteiger partial charge in [0.1, 0.15) is 0 Å². The summed E-state index contributed by atoms with van der Waals surface area (Å²) < 4.78 is 22.9.